The van der Waals surface area contributed by atoms with Gasteiger partial charge in [-0.25, -0.2) is 0 Å². The number of nitrogens with zero attached hydrogens (tertiary/aromatic N) is 2. The minimum atomic E-state index is 0.258. The van der Waals surface area contributed by atoms with Gasteiger partial charge in [0.2, 0.25) is 0 Å². The number of benzene rings is 1. The first-order valence-electron chi connectivity index (χ1n) is 6.58. The van der Waals surface area contributed by atoms with E-state index >= 15 is 0 Å². The highest BCUT2D eigenvalue weighted by Crippen LogP contribution is 2.21. The smallest absolute Gasteiger partial charge is 0.195 e. The largest absolute Gasteiger partial charge is 0.376 e. The number of ether oxygens (including phenoxy) is 1. The lowest BCUT2D eigenvalue weighted by atomic mass is 10.1. The van der Waals surface area contributed by atoms with E-state index in [0.717, 1.165) is 37.4 Å². The Labute approximate surface area is 117 Å². The van der Waals surface area contributed by atoms with Gasteiger partial charge in [-0.2, -0.15) is 5.10 Å². The van der Waals surface area contributed by atoms with Crippen molar-refractivity contribution in [3.63, 3.8) is 0 Å². The summed E-state index contributed by atoms with van der Waals surface area (Å²) in [5, 5.41) is 7.23. The summed E-state index contributed by atoms with van der Waals surface area (Å²) in [5.74, 6) is 0.889. The van der Waals surface area contributed by atoms with E-state index in [1.807, 2.05) is 4.57 Å². The van der Waals surface area contributed by atoms with Crippen LogP contribution in [0.1, 0.15) is 18.4 Å². The molecule has 0 amide bonds. The molecule has 100 valence electrons. The van der Waals surface area contributed by atoms with Crippen molar-refractivity contribution in [2.45, 2.75) is 32.4 Å². The van der Waals surface area contributed by atoms with E-state index in [-0.39, 0.29) is 6.10 Å². The van der Waals surface area contributed by atoms with Gasteiger partial charge in [0.15, 0.2) is 10.6 Å². The second-order valence-corrected chi connectivity index (χ2v) is 5.35. The Bertz CT molecular complexity index is 608. The fourth-order valence-electron chi connectivity index (χ4n) is 2.40. The van der Waals surface area contributed by atoms with Gasteiger partial charge < -0.3 is 4.74 Å². The fourth-order valence-corrected chi connectivity index (χ4v) is 2.61. The van der Waals surface area contributed by atoms with Crippen LogP contribution in [0.2, 0.25) is 0 Å². The summed E-state index contributed by atoms with van der Waals surface area (Å²) in [7, 11) is 0. The Morgan fingerprint density at radius 1 is 1.42 bits per heavy atom. The number of nitrogens with one attached hydrogen (secondary N) is 1. The minimum Gasteiger partial charge on any atom is -0.376 e. The maximum absolute atomic E-state index is 5.68. The van der Waals surface area contributed by atoms with Gasteiger partial charge in [-0.1, -0.05) is 29.8 Å². The molecule has 0 spiro atoms. The Morgan fingerprint density at radius 3 is 2.89 bits per heavy atom. The van der Waals surface area contributed by atoms with Gasteiger partial charge in [0.25, 0.3) is 0 Å². The minimum absolute atomic E-state index is 0.258. The van der Waals surface area contributed by atoms with Gasteiger partial charge in [0.1, 0.15) is 0 Å². The summed E-state index contributed by atoms with van der Waals surface area (Å²) in [5.41, 5.74) is 2.32. The van der Waals surface area contributed by atoms with E-state index in [9.17, 15) is 0 Å². The molecule has 2 aromatic rings. The maximum Gasteiger partial charge on any atom is 0.195 e. The van der Waals surface area contributed by atoms with Crippen LogP contribution in [0.5, 0.6) is 0 Å². The van der Waals surface area contributed by atoms with E-state index in [0.29, 0.717) is 4.77 Å². The third-order valence-electron chi connectivity index (χ3n) is 3.48. The van der Waals surface area contributed by atoms with E-state index in [1.165, 1.54) is 5.56 Å². The van der Waals surface area contributed by atoms with Crippen molar-refractivity contribution in [2.75, 3.05) is 6.61 Å². The molecule has 2 heterocycles. The van der Waals surface area contributed by atoms with Crippen molar-refractivity contribution in [3.8, 4) is 11.4 Å². The van der Waals surface area contributed by atoms with Crippen molar-refractivity contribution in [1.29, 1.82) is 0 Å². The van der Waals surface area contributed by atoms with Gasteiger partial charge in [-0.05, 0) is 32.0 Å². The quantitative estimate of drug-likeness (QED) is 0.875. The van der Waals surface area contributed by atoms with Crippen LogP contribution in [0.25, 0.3) is 11.4 Å². The summed E-state index contributed by atoms with van der Waals surface area (Å²) in [6.07, 6.45) is 2.49. The predicted octanol–water partition coefficient (Wildman–Crippen LogP) is 3.10. The molecular formula is C14H17N3OS. The summed E-state index contributed by atoms with van der Waals surface area (Å²) in [4.78, 5) is 0. The second-order valence-electron chi connectivity index (χ2n) is 4.96. The zero-order valence-corrected chi connectivity index (χ0v) is 11.7. The molecule has 1 aromatic carbocycles. The lowest BCUT2D eigenvalue weighted by Crippen LogP contribution is -2.16. The normalized spacial score (nSPS) is 18.9. The van der Waals surface area contributed by atoms with E-state index in [1.54, 1.807) is 0 Å². The zero-order valence-electron chi connectivity index (χ0n) is 10.9. The van der Waals surface area contributed by atoms with E-state index < -0.39 is 0 Å². The van der Waals surface area contributed by atoms with Crippen LogP contribution in [0.15, 0.2) is 24.3 Å². The number of aryl methyl sites for hydroxylation is 1. The lowest BCUT2D eigenvalue weighted by molar-refractivity contribution is 0.0970. The molecule has 5 heteroatoms. The summed E-state index contributed by atoms with van der Waals surface area (Å²) < 4.78 is 8.38. The zero-order chi connectivity index (χ0) is 13.2. The van der Waals surface area contributed by atoms with Crippen molar-refractivity contribution in [3.05, 3.63) is 34.6 Å². The number of hydrogen-bond acceptors (Lipinski definition) is 3. The number of hydrogen-bond donors (Lipinski definition) is 1. The molecule has 0 bridgehead atoms. The average molecular weight is 275 g/mol. The summed E-state index contributed by atoms with van der Waals surface area (Å²) in [6.45, 7) is 3.71. The maximum atomic E-state index is 5.68. The fraction of sp³-hybridized carbons (Fsp3) is 0.429. The molecule has 1 aliphatic rings. The van der Waals surface area contributed by atoms with Gasteiger partial charge in [-0.3, -0.25) is 9.67 Å². The average Bonchev–Trinajstić information content (AvgIpc) is 3.03. The van der Waals surface area contributed by atoms with Crippen LogP contribution < -0.4 is 0 Å². The highest BCUT2D eigenvalue weighted by Gasteiger charge is 2.19. The molecule has 1 saturated heterocycles. The van der Waals surface area contributed by atoms with Crippen molar-refractivity contribution < 1.29 is 4.74 Å². The third-order valence-corrected chi connectivity index (χ3v) is 3.79. The number of rotatable bonds is 3. The third kappa shape index (κ3) is 2.62. The Kier molecular flexibility index (Phi) is 3.48. The second kappa shape index (κ2) is 5.27. The molecule has 1 aliphatic heterocycles. The Hall–Kier alpha value is -1.46. The molecule has 3 rings (SSSR count). The highest BCUT2D eigenvalue weighted by atomic mass is 32.1. The van der Waals surface area contributed by atoms with Gasteiger partial charge in [0.05, 0.1) is 12.6 Å². The van der Waals surface area contributed by atoms with Crippen LogP contribution in [0.4, 0.5) is 0 Å². The molecule has 1 aromatic heterocycles. The molecule has 0 radical (unpaired) electrons. The topological polar surface area (TPSA) is 42.8 Å². The Balaban J connectivity index is 1.93. The molecule has 0 saturated carbocycles. The van der Waals surface area contributed by atoms with Crippen molar-refractivity contribution >= 4 is 12.2 Å². The number of aromatic amines is 1. The standard InChI is InChI=1S/C14H17N3OS/c1-10-4-6-11(7-5-10)13-15-16-14(19)17(13)9-12-3-2-8-18-12/h4-7,12H,2-3,8-9H2,1H3,(H,16,19). The van der Waals surface area contributed by atoms with Crippen molar-refractivity contribution in [2.24, 2.45) is 0 Å². The molecule has 19 heavy (non-hydrogen) atoms. The monoisotopic (exact) mass is 275 g/mol. The molecule has 1 unspecified atom stereocenters. The predicted molar refractivity (Wildman–Crippen MR) is 76.6 cm³/mol. The van der Waals surface area contributed by atoms with Crippen LogP contribution in [-0.2, 0) is 11.3 Å². The summed E-state index contributed by atoms with van der Waals surface area (Å²) in [6, 6.07) is 8.32. The van der Waals surface area contributed by atoms with Crippen LogP contribution in [0, 0.1) is 11.7 Å². The molecule has 1 fully saturated rings. The van der Waals surface area contributed by atoms with Gasteiger partial charge in [-0.15, -0.1) is 0 Å². The van der Waals surface area contributed by atoms with Crippen LogP contribution in [-0.4, -0.2) is 27.5 Å². The first kappa shape index (κ1) is 12.6. The number of H-pyrrole nitrogens is 1. The first-order chi connectivity index (χ1) is 9.24. The van der Waals surface area contributed by atoms with E-state index in [4.69, 9.17) is 17.0 Å². The molecule has 1 N–H and O–H groups in total. The Morgan fingerprint density at radius 2 is 2.21 bits per heavy atom. The first-order valence-corrected chi connectivity index (χ1v) is 6.99. The van der Waals surface area contributed by atoms with Crippen molar-refractivity contribution in [1.82, 2.24) is 14.8 Å². The molecule has 1 atom stereocenters. The molecule has 4 nitrogen and oxygen atoms in total. The SMILES string of the molecule is Cc1ccc(-c2n[nH]c(=S)n2CC2CCCO2)cc1. The summed E-state index contributed by atoms with van der Waals surface area (Å²) >= 11 is 5.32. The van der Waals surface area contributed by atoms with Gasteiger partial charge >= 0.3 is 0 Å². The number of aromatic nitrogens is 3. The molecule has 0 aliphatic carbocycles. The molecular weight excluding hydrogens is 258 g/mol. The van der Waals surface area contributed by atoms with Crippen LogP contribution in [0.3, 0.4) is 0 Å². The van der Waals surface area contributed by atoms with E-state index in [2.05, 4.69) is 41.4 Å². The van der Waals surface area contributed by atoms with Crippen LogP contribution >= 0.6 is 12.2 Å². The highest BCUT2D eigenvalue weighted by molar-refractivity contribution is 7.71. The lowest BCUT2D eigenvalue weighted by Gasteiger charge is -2.12. The van der Waals surface area contributed by atoms with Gasteiger partial charge in [0, 0.05) is 12.2 Å².